The van der Waals surface area contributed by atoms with E-state index in [1.165, 1.54) is 0 Å². The Kier molecular flexibility index (Phi) is 4.61. The Labute approximate surface area is 95.8 Å². The van der Waals surface area contributed by atoms with Crippen LogP contribution in [0.4, 0.5) is 5.69 Å². The Balaban J connectivity index is 0.00000144. The molecule has 1 aromatic rings. The molecule has 0 N–H and O–H groups in total. The summed E-state index contributed by atoms with van der Waals surface area (Å²) in [6.45, 7) is 0. The van der Waals surface area contributed by atoms with Crippen LogP contribution in [0.25, 0.3) is 0 Å². The summed E-state index contributed by atoms with van der Waals surface area (Å²) in [5.41, 5.74) is -0.444. The van der Waals surface area contributed by atoms with Gasteiger partial charge in [-0.3, -0.25) is 14.9 Å². The summed E-state index contributed by atoms with van der Waals surface area (Å²) in [4.78, 5) is 19.7. The zero-order chi connectivity index (χ0) is 9.14. The average molecular weight is 189 g/mol. The maximum absolute atomic E-state index is 10.8. The number of nitrogens with zero attached hydrogens (tertiary/aromatic N) is 1. The van der Waals surface area contributed by atoms with Gasteiger partial charge in [0.1, 0.15) is 6.29 Å². The topological polar surface area (TPSA) is 83.3 Å². The molecule has 1 rings (SSSR count). The first kappa shape index (κ1) is 12.1. The minimum atomic E-state index is -0.660. The number of nitro benzene ring substituents is 1. The summed E-state index contributed by atoms with van der Waals surface area (Å²) < 4.78 is 0. The number of aldehydes is 1. The zero-order valence-corrected chi connectivity index (χ0v) is 8.89. The number of carbonyl (C=O) groups is 1. The molecule has 13 heavy (non-hydrogen) atoms. The molecule has 0 saturated heterocycles. The van der Waals surface area contributed by atoms with Crippen molar-refractivity contribution in [3.63, 3.8) is 0 Å². The van der Waals surface area contributed by atoms with Crippen LogP contribution in [0.15, 0.2) is 18.2 Å². The summed E-state index contributed by atoms with van der Waals surface area (Å²) in [6, 6.07) is 3.02. The summed E-state index contributed by atoms with van der Waals surface area (Å²) in [5.74, 6) is -0.504. The van der Waals surface area contributed by atoms with Crippen LogP contribution in [0.1, 0.15) is 10.4 Å². The number of carbonyl (C=O) groups excluding carboxylic acids is 1. The third kappa shape index (κ3) is 2.80. The van der Waals surface area contributed by atoms with Gasteiger partial charge in [-0.25, -0.2) is 0 Å². The maximum atomic E-state index is 10.8. The second-order valence-corrected chi connectivity index (χ2v) is 2.10. The molecule has 62 valence electrons. The van der Waals surface area contributed by atoms with Crippen molar-refractivity contribution in [1.29, 1.82) is 0 Å². The van der Waals surface area contributed by atoms with Gasteiger partial charge in [0.25, 0.3) is 5.69 Å². The molecule has 0 spiro atoms. The first-order valence-corrected chi connectivity index (χ1v) is 3.06. The number of nitro groups is 1. The number of benzene rings is 1. The van der Waals surface area contributed by atoms with E-state index in [1.54, 1.807) is 0 Å². The van der Waals surface area contributed by atoms with Crippen molar-refractivity contribution in [2.45, 2.75) is 0 Å². The molecule has 0 aliphatic rings. The molecule has 0 amide bonds. The van der Waals surface area contributed by atoms with Gasteiger partial charge >= 0.3 is 29.6 Å². The molecule has 0 fully saturated rings. The Morgan fingerprint density at radius 3 is 2.46 bits per heavy atom. The van der Waals surface area contributed by atoms with Crippen LogP contribution >= 0.6 is 0 Å². The van der Waals surface area contributed by atoms with Crippen molar-refractivity contribution >= 4 is 12.0 Å². The van der Waals surface area contributed by atoms with Gasteiger partial charge in [-0.05, 0) is 0 Å². The van der Waals surface area contributed by atoms with Gasteiger partial charge in [0.05, 0.1) is 4.92 Å². The molecule has 0 saturated carbocycles. The summed E-state index contributed by atoms with van der Waals surface area (Å²) in [6.07, 6.45) is 0.301. The number of hydrogen-bond acceptors (Lipinski definition) is 4. The van der Waals surface area contributed by atoms with Gasteiger partial charge in [-0.15, -0.1) is 0 Å². The third-order valence-electron chi connectivity index (χ3n) is 1.33. The van der Waals surface area contributed by atoms with E-state index >= 15 is 0 Å². The second-order valence-electron chi connectivity index (χ2n) is 2.10. The third-order valence-corrected chi connectivity index (χ3v) is 1.33. The maximum Gasteiger partial charge on any atom is 1.00 e. The Morgan fingerprint density at radius 2 is 2.00 bits per heavy atom. The van der Waals surface area contributed by atoms with Gasteiger partial charge < -0.3 is 5.11 Å². The minimum absolute atomic E-state index is 0. The van der Waals surface area contributed by atoms with Crippen molar-refractivity contribution in [3.05, 3.63) is 33.9 Å². The first-order chi connectivity index (χ1) is 5.65. The van der Waals surface area contributed by atoms with Gasteiger partial charge in [0.2, 0.25) is 0 Å². The van der Waals surface area contributed by atoms with Crippen molar-refractivity contribution in [2.75, 3.05) is 0 Å². The molecule has 0 radical (unpaired) electrons. The predicted octanol–water partition coefficient (Wildman–Crippen LogP) is -2.52. The molecule has 0 bridgehead atoms. The molecule has 0 aliphatic carbocycles. The van der Waals surface area contributed by atoms with Crippen molar-refractivity contribution < 1.29 is 44.4 Å². The largest absolute Gasteiger partial charge is 1.00 e. The van der Waals surface area contributed by atoms with Crippen LogP contribution in [0.3, 0.4) is 0 Å². The molecule has 5 nitrogen and oxygen atoms in total. The van der Waals surface area contributed by atoms with E-state index in [-0.39, 0.29) is 40.8 Å². The number of non-ortho nitro benzene ring substituents is 1. The molecule has 6 heteroatoms. The first-order valence-electron chi connectivity index (χ1n) is 3.06. The molecule has 0 aromatic heterocycles. The van der Waals surface area contributed by atoms with Gasteiger partial charge in [0.15, 0.2) is 0 Å². The van der Waals surface area contributed by atoms with E-state index in [4.69, 9.17) is 0 Å². The Morgan fingerprint density at radius 1 is 1.38 bits per heavy atom. The fourth-order valence-electron chi connectivity index (χ4n) is 0.742. The van der Waals surface area contributed by atoms with Crippen molar-refractivity contribution in [3.8, 4) is 5.75 Å². The van der Waals surface area contributed by atoms with Gasteiger partial charge in [-0.1, -0.05) is 11.8 Å². The second kappa shape index (κ2) is 4.96. The monoisotopic (exact) mass is 189 g/mol. The molecular weight excluding hydrogens is 185 g/mol. The van der Waals surface area contributed by atoms with Gasteiger partial charge in [0, 0.05) is 17.7 Å². The normalized spacial score (nSPS) is 8.62. The van der Waals surface area contributed by atoms with E-state index in [0.717, 1.165) is 18.2 Å². The fourth-order valence-corrected chi connectivity index (χ4v) is 0.742. The molecule has 0 aliphatic heterocycles. The number of rotatable bonds is 2. The van der Waals surface area contributed by atoms with Crippen LogP contribution < -0.4 is 34.7 Å². The standard InChI is InChI=1S/C7H5NO4.Na/c9-4-5-3-6(8(11)12)1-2-7(5)10;/h1-4,10H;/q;+1/p-1. The Bertz CT molecular complexity index is 339. The number of hydrogen-bond donors (Lipinski definition) is 0. The molecular formula is C7H4NNaO4. The fraction of sp³-hybridized carbons (Fsp3) is 0. The molecule has 0 atom stereocenters. The van der Waals surface area contributed by atoms with E-state index in [1.807, 2.05) is 0 Å². The van der Waals surface area contributed by atoms with Crippen molar-refractivity contribution in [2.24, 2.45) is 0 Å². The van der Waals surface area contributed by atoms with E-state index in [2.05, 4.69) is 0 Å². The SMILES string of the molecule is O=Cc1cc([N+](=O)[O-])ccc1[O-].[Na+]. The van der Waals surface area contributed by atoms with Crippen LogP contribution in [-0.4, -0.2) is 11.2 Å². The molecule has 0 heterocycles. The average Bonchev–Trinajstić information content (AvgIpc) is 2.05. The van der Waals surface area contributed by atoms with E-state index in [0.29, 0.717) is 6.29 Å². The smallest absolute Gasteiger partial charge is 0.872 e. The Hall–Kier alpha value is -0.910. The van der Waals surface area contributed by atoms with Crippen molar-refractivity contribution in [1.82, 2.24) is 0 Å². The van der Waals surface area contributed by atoms with Crippen LogP contribution in [0.5, 0.6) is 5.75 Å². The molecule has 0 unspecified atom stereocenters. The van der Waals surface area contributed by atoms with E-state index in [9.17, 15) is 20.0 Å². The minimum Gasteiger partial charge on any atom is -0.872 e. The summed E-state index contributed by atoms with van der Waals surface area (Å²) >= 11 is 0. The van der Waals surface area contributed by atoms with Crippen LogP contribution in [-0.2, 0) is 0 Å². The van der Waals surface area contributed by atoms with E-state index < -0.39 is 10.7 Å². The quantitative estimate of drug-likeness (QED) is 0.222. The van der Waals surface area contributed by atoms with Gasteiger partial charge in [-0.2, -0.15) is 0 Å². The van der Waals surface area contributed by atoms with Crippen LogP contribution in [0, 0.1) is 10.1 Å². The molecule has 1 aromatic carbocycles. The summed E-state index contributed by atoms with van der Waals surface area (Å²) in [5, 5.41) is 20.9. The summed E-state index contributed by atoms with van der Waals surface area (Å²) in [7, 11) is 0. The predicted molar refractivity (Wildman–Crippen MR) is 37.9 cm³/mol. The van der Waals surface area contributed by atoms with Crippen LogP contribution in [0.2, 0.25) is 0 Å². The zero-order valence-electron chi connectivity index (χ0n) is 6.89.